The van der Waals surface area contributed by atoms with Crippen molar-refractivity contribution in [1.82, 2.24) is 5.32 Å². The molecule has 3 aromatic carbocycles. The van der Waals surface area contributed by atoms with Crippen molar-refractivity contribution in [2.75, 3.05) is 25.2 Å². The third-order valence-electron chi connectivity index (χ3n) is 5.54. The van der Waals surface area contributed by atoms with E-state index in [1.54, 1.807) is 30.3 Å². The molecule has 1 fully saturated rings. The zero-order valence-corrected chi connectivity index (χ0v) is 21.3. The van der Waals surface area contributed by atoms with Crippen molar-refractivity contribution in [3.63, 3.8) is 0 Å². The minimum Gasteiger partial charge on any atom is -0.493 e. The molecule has 0 aromatic heterocycles. The van der Waals surface area contributed by atoms with Crippen LogP contribution in [0, 0.1) is 13.8 Å². The van der Waals surface area contributed by atoms with Crippen LogP contribution >= 0.6 is 11.6 Å². The average molecular weight is 521 g/mol. The number of aryl methyl sites for hydroxylation is 2. The first-order valence-corrected chi connectivity index (χ1v) is 11.8. The lowest BCUT2D eigenvalue weighted by atomic mass is 10.1. The van der Waals surface area contributed by atoms with Gasteiger partial charge in [-0.1, -0.05) is 41.4 Å². The predicted octanol–water partition coefficient (Wildman–Crippen LogP) is 5.09. The molecule has 4 rings (SSSR count). The number of imide groups is 2. The molecular weight excluding hydrogens is 496 g/mol. The van der Waals surface area contributed by atoms with E-state index in [0.717, 1.165) is 21.8 Å². The highest BCUT2D eigenvalue weighted by Gasteiger charge is 2.36. The summed E-state index contributed by atoms with van der Waals surface area (Å²) >= 11 is 6.46. The third kappa shape index (κ3) is 5.92. The van der Waals surface area contributed by atoms with Crippen molar-refractivity contribution < 1.29 is 28.6 Å². The molecule has 8 nitrogen and oxygen atoms in total. The van der Waals surface area contributed by atoms with Gasteiger partial charge in [0.25, 0.3) is 11.8 Å². The Morgan fingerprint density at radius 3 is 2.35 bits per heavy atom. The van der Waals surface area contributed by atoms with Crippen molar-refractivity contribution in [2.24, 2.45) is 0 Å². The van der Waals surface area contributed by atoms with E-state index >= 15 is 0 Å². The number of carbonyl (C=O) groups excluding carboxylic acids is 3. The number of rotatable bonds is 8. The summed E-state index contributed by atoms with van der Waals surface area (Å²) in [5.41, 5.74) is 2.55. The van der Waals surface area contributed by atoms with Gasteiger partial charge in [-0.25, -0.2) is 9.69 Å². The van der Waals surface area contributed by atoms with Crippen molar-refractivity contribution >= 4 is 41.2 Å². The average Bonchev–Trinajstić information content (AvgIpc) is 2.86. The van der Waals surface area contributed by atoms with Gasteiger partial charge in [-0.3, -0.25) is 14.9 Å². The number of carbonyl (C=O) groups is 3. The van der Waals surface area contributed by atoms with Crippen LogP contribution in [0.1, 0.15) is 16.7 Å². The predicted molar refractivity (Wildman–Crippen MR) is 140 cm³/mol. The number of hydrogen-bond donors (Lipinski definition) is 1. The van der Waals surface area contributed by atoms with E-state index in [1.165, 1.54) is 13.2 Å². The third-order valence-corrected chi connectivity index (χ3v) is 5.82. The minimum absolute atomic E-state index is 0.207. The number of anilines is 1. The number of amides is 4. The number of benzene rings is 3. The normalized spacial score (nSPS) is 14.5. The standard InChI is InChI=1S/C28H25ClN2O6/c1-17-7-9-21(10-8-17)36-11-12-37-25-23(29)15-19(16-24(25)35-3)14-22-26(32)30-28(34)31(27(22)33)20-6-4-5-18(2)13-20/h4-10,13-16H,11-12H2,1-3H3,(H,30,32,34). The fourth-order valence-corrected chi connectivity index (χ4v) is 4.00. The molecule has 4 amide bonds. The molecule has 0 spiro atoms. The van der Waals surface area contributed by atoms with Crippen molar-refractivity contribution in [3.8, 4) is 17.2 Å². The summed E-state index contributed by atoms with van der Waals surface area (Å²) in [6.45, 7) is 4.33. The van der Waals surface area contributed by atoms with E-state index in [2.05, 4.69) is 5.32 Å². The molecule has 0 aliphatic carbocycles. The Morgan fingerprint density at radius 1 is 0.919 bits per heavy atom. The number of methoxy groups -OCH3 is 1. The molecule has 0 saturated carbocycles. The van der Waals surface area contributed by atoms with Gasteiger partial charge in [0.15, 0.2) is 11.5 Å². The van der Waals surface area contributed by atoms with E-state index < -0.39 is 17.8 Å². The van der Waals surface area contributed by atoms with Crippen molar-refractivity contribution in [3.05, 3.63) is 87.9 Å². The maximum Gasteiger partial charge on any atom is 0.335 e. The zero-order valence-electron chi connectivity index (χ0n) is 20.5. The van der Waals surface area contributed by atoms with Gasteiger partial charge in [0.05, 0.1) is 17.8 Å². The first-order valence-electron chi connectivity index (χ1n) is 11.4. The molecule has 3 aromatic rings. The summed E-state index contributed by atoms with van der Waals surface area (Å²) in [6, 6.07) is 16.8. The van der Waals surface area contributed by atoms with Gasteiger partial charge in [0.1, 0.15) is 24.5 Å². The van der Waals surface area contributed by atoms with Crippen molar-refractivity contribution in [1.29, 1.82) is 0 Å². The van der Waals surface area contributed by atoms with Gasteiger partial charge in [-0.2, -0.15) is 0 Å². The van der Waals surface area contributed by atoms with Gasteiger partial charge in [-0.15, -0.1) is 0 Å². The van der Waals surface area contributed by atoms with Gasteiger partial charge >= 0.3 is 6.03 Å². The van der Waals surface area contributed by atoms with Crippen LogP contribution in [0.2, 0.25) is 5.02 Å². The summed E-state index contributed by atoms with van der Waals surface area (Å²) in [5, 5.41) is 2.43. The summed E-state index contributed by atoms with van der Waals surface area (Å²) in [5.74, 6) is -0.215. The van der Waals surface area contributed by atoms with Crippen LogP contribution in [0.3, 0.4) is 0 Å². The Labute approximate surface area is 219 Å². The second-order valence-corrected chi connectivity index (χ2v) is 8.75. The maximum absolute atomic E-state index is 13.2. The molecule has 1 saturated heterocycles. The first kappa shape index (κ1) is 25.8. The Bertz CT molecular complexity index is 1380. The number of nitrogens with one attached hydrogen (secondary N) is 1. The summed E-state index contributed by atoms with van der Waals surface area (Å²) < 4.78 is 16.9. The number of halogens is 1. The van der Waals surface area contributed by atoms with Gasteiger partial charge in [-0.05, 0) is 67.4 Å². The monoisotopic (exact) mass is 520 g/mol. The quantitative estimate of drug-likeness (QED) is 0.252. The molecule has 0 unspecified atom stereocenters. The van der Waals surface area contributed by atoms with Crippen LogP contribution < -0.4 is 24.4 Å². The van der Waals surface area contributed by atoms with E-state index in [0.29, 0.717) is 22.7 Å². The van der Waals surface area contributed by atoms with Crippen LogP contribution in [0.5, 0.6) is 17.2 Å². The van der Waals surface area contributed by atoms with Crippen molar-refractivity contribution in [2.45, 2.75) is 13.8 Å². The molecule has 1 aliphatic rings. The van der Waals surface area contributed by atoms with Crippen LogP contribution in [0.4, 0.5) is 10.5 Å². The molecular formula is C28H25ClN2O6. The van der Waals surface area contributed by atoms with Gasteiger partial charge in [0.2, 0.25) is 0 Å². The molecule has 1 heterocycles. The largest absolute Gasteiger partial charge is 0.493 e. The van der Waals surface area contributed by atoms with E-state index in [9.17, 15) is 14.4 Å². The number of hydrogen-bond acceptors (Lipinski definition) is 6. The summed E-state index contributed by atoms with van der Waals surface area (Å²) in [7, 11) is 1.45. The number of urea groups is 1. The first-order chi connectivity index (χ1) is 17.8. The number of barbiturate groups is 1. The second-order valence-electron chi connectivity index (χ2n) is 8.34. The smallest absolute Gasteiger partial charge is 0.335 e. The number of ether oxygens (including phenoxy) is 3. The highest BCUT2D eigenvalue weighted by atomic mass is 35.5. The fraction of sp³-hybridized carbons (Fsp3) is 0.179. The molecule has 1 aliphatic heterocycles. The van der Waals surface area contributed by atoms with Crippen LogP contribution in [-0.4, -0.2) is 38.2 Å². The summed E-state index contributed by atoms with van der Waals surface area (Å²) in [6.07, 6.45) is 1.35. The van der Waals surface area contributed by atoms with E-state index in [1.807, 2.05) is 44.2 Å². The van der Waals surface area contributed by atoms with Crippen LogP contribution in [0.25, 0.3) is 6.08 Å². The van der Waals surface area contributed by atoms with Gasteiger partial charge < -0.3 is 14.2 Å². The molecule has 0 radical (unpaired) electrons. The Balaban J connectivity index is 1.53. The summed E-state index contributed by atoms with van der Waals surface area (Å²) in [4.78, 5) is 39.0. The Morgan fingerprint density at radius 2 is 1.65 bits per heavy atom. The zero-order chi connectivity index (χ0) is 26.5. The molecule has 190 valence electrons. The Kier molecular flexibility index (Phi) is 7.79. The second kappa shape index (κ2) is 11.2. The maximum atomic E-state index is 13.2. The lowest BCUT2D eigenvalue weighted by Crippen LogP contribution is -2.54. The molecule has 0 bridgehead atoms. The minimum atomic E-state index is -0.815. The topological polar surface area (TPSA) is 94.2 Å². The van der Waals surface area contributed by atoms with Crippen LogP contribution in [0.15, 0.2) is 66.2 Å². The Hall–Kier alpha value is -4.30. The molecule has 37 heavy (non-hydrogen) atoms. The fourth-order valence-electron chi connectivity index (χ4n) is 3.73. The van der Waals surface area contributed by atoms with Gasteiger partial charge in [0, 0.05) is 0 Å². The SMILES string of the molecule is COc1cc(C=C2C(=O)NC(=O)N(c3cccc(C)c3)C2=O)cc(Cl)c1OCCOc1ccc(C)cc1. The van der Waals surface area contributed by atoms with Crippen LogP contribution in [-0.2, 0) is 9.59 Å². The lowest BCUT2D eigenvalue weighted by molar-refractivity contribution is -0.122. The highest BCUT2D eigenvalue weighted by Crippen LogP contribution is 2.37. The van der Waals surface area contributed by atoms with E-state index in [4.69, 9.17) is 25.8 Å². The number of nitrogens with zero attached hydrogens (tertiary/aromatic N) is 1. The van der Waals surface area contributed by atoms with E-state index in [-0.39, 0.29) is 23.8 Å². The molecule has 0 atom stereocenters. The molecule has 9 heteroatoms. The molecule has 1 N–H and O–H groups in total. The lowest BCUT2D eigenvalue weighted by Gasteiger charge is -2.26. The highest BCUT2D eigenvalue weighted by molar-refractivity contribution is 6.39.